The molecule has 1 heterocycles. The second-order valence-corrected chi connectivity index (χ2v) is 5.88. The molecule has 3 N–H and O–H groups in total. The van der Waals surface area contributed by atoms with Crippen LogP contribution in [0.3, 0.4) is 0 Å². The van der Waals surface area contributed by atoms with E-state index >= 15 is 0 Å². The van der Waals surface area contributed by atoms with Crippen LogP contribution in [0.2, 0.25) is 0 Å². The zero-order chi connectivity index (χ0) is 20.3. The zero-order valence-electron chi connectivity index (χ0n) is 16.0. The van der Waals surface area contributed by atoms with Gasteiger partial charge in [-0.3, -0.25) is 0 Å². The SMILES string of the molecule is CNC(=O)N[C@H](c1cc(OC)c(OC)c(OC)c1)c1cc2c(cc1O)OCO2. The largest absolute Gasteiger partial charge is 0.507 e. The summed E-state index contributed by atoms with van der Waals surface area (Å²) in [4.78, 5) is 12.1. The van der Waals surface area contributed by atoms with Crippen molar-refractivity contribution in [3.8, 4) is 34.5 Å². The molecule has 0 saturated carbocycles. The lowest BCUT2D eigenvalue weighted by Crippen LogP contribution is -2.36. The molecule has 1 aliphatic heterocycles. The monoisotopic (exact) mass is 390 g/mol. The van der Waals surface area contributed by atoms with E-state index in [1.807, 2.05) is 0 Å². The molecule has 0 aliphatic carbocycles. The number of carbonyl (C=O) groups is 1. The topological polar surface area (TPSA) is 108 Å². The highest BCUT2D eigenvalue weighted by Crippen LogP contribution is 2.44. The van der Waals surface area contributed by atoms with Gasteiger partial charge in [-0.25, -0.2) is 4.79 Å². The lowest BCUT2D eigenvalue weighted by molar-refractivity contribution is 0.174. The molecule has 9 heteroatoms. The summed E-state index contributed by atoms with van der Waals surface area (Å²) in [6.07, 6.45) is 0. The molecule has 0 unspecified atom stereocenters. The zero-order valence-corrected chi connectivity index (χ0v) is 16.0. The number of carbonyl (C=O) groups excluding carboxylic acids is 1. The van der Waals surface area contributed by atoms with Gasteiger partial charge < -0.3 is 39.4 Å². The van der Waals surface area contributed by atoms with Gasteiger partial charge in [0.1, 0.15) is 5.75 Å². The standard InChI is InChI=1S/C19H22N2O7/c1-20-19(23)21-17(11-7-13-14(8-12(11)22)28-9-27-13)10-5-15(24-2)18(26-4)16(6-10)25-3/h5-8,17,22H,9H2,1-4H3,(H2,20,21,23)/t17-/m1/s1. The Morgan fingerprint density at radius 3 is 2.18 bits per heavy atom. The molecule has 2 aromatic carbocycles. The maximum absolute atomic E-state index is 12.1. The summed E-state index contributed by atoms with van der Waals surface area (Å²) in [7, 11) is 6.01. The minimum atomic E-state index is -0.733. The van der Waals surface area contributed by atoms with Gasteiger partial charge in [-0.15, -0.1) is 0 Å². The number of ether oxygens (including phenoxy) is 5. The summed E-state index contributed by atoms with van der Waals surface area (Å²) in [5, 5.41) is 15.9. The van der Waals surface area contributed by atoms with Crippen molar-refractivity contribution in [3.63, 3.8) is 0 Å². The number of methoxy groups -OCH3 is 3. The smallest absolute Gasteiger partial charge is 0.315 e. The fourth-order valence-corrected chi connectivity index (χ4v) is 2.99. The lowest BCUT2D eigenvalue weighted by atomic mass is 9.96. The third-order valence-electron chi connectivity index (χ3n) is 4.36. The van der Waals surface area contributed by atoms with Gasteiger partial charge in [0.05, 0.1) is 27.4 Å². The molecule has 0 spiro atoms. The van der Waals surface area contributed by atoms with E-state index in [0.717, 1.165) is 0 Å². The highest BCUT2D eigenvalue weighted by atomic mass is 16.7. The third kappa shape index (κ3) is 3.51. The van der Waals surface area contributed by atoms with E-state index in [2.05, 4.69) is 10.6 Å². The van der Waals surface area contributed by atoms with Gasteiger partial charge in [0.15, 0.2) is 23.0 Å². The van der Waals surface area contributed by atoms with Gasteiger partial charge in [-0.05, 0) is 23.8 Å². The maximum Gasteiger partial charge on any atom is 0.315 e. The first kappa shape index (κ1) is 19.3. The van der Waals surface area contributed by atoms with E-state index in [-0.39, 0.29) is 12.5 Å². The summed E-state index contributed by atoms with van der Waals surface area (Å²) >= 11 is 0. The molecule has 0 bridgehead atoms. The molecule has 9 nitrogen and oxygen atoms in total. The molecule has 1 atom stereocenters. The Morgan fingerprint density at radius 2 is 1.64 bits per heavy atom. The van der Waals surface area contributed by atoms with Crippen LogP contribution in [0.1, 0.15) is 17.2 Å². The van der Waals surface area contributed by atoms with Crippen LogP contribution in [0, 0.1) is 0 Å². The van der Waals surface area contributed by atoms with E-state index < -0.39 is 12.1 Å². The number of urea groups is 1. The number of phenolic OH excluding ortho intramolecular Hbond substituents is 1. The van der Waals surface area contributed by atoms with Gasteiger partial charge in [0, 0.05) is 18.7 Å². The van der Waals surface area contributed by atoms with Crippen molar-refractivity contribution < 1.29 is 33.6 Å². The quantitative estimate of drug-likeness (QED) is 0.694. The van der Waals surface area contributed by atoms with E-state index in [1.54, 1.807) is 18.2 Å². The maximum atomic E-state index is 12.1. The summed E-state index contributed by atoms with van der Waals surface area (Å²) in [5.74, 6) is 2.11. The molecule has 28 heavy (non-hydrogen) atoms. The molecule has 2 aromatic rings. The fourth-order valence-electron chi connectivity index (χ4n) is 2.99. The predicted octanol–water partition coefficient (Wildman–Crippen LogP) is 2.17. The van der Waals surface area contributed by atoms with Crippen molar-refractivity contribution in [2.75, 3.05) is 35.2 Å². The van der Waals surface area contributed by atoms with Crippen LogP contribution >= 0.6 is 0 Å². The van der Waals surface area contributed by atoms with Crippen molar-refractivity contribution >= 4 is 6.03 Å². The number of nitrogens with one attached hydrogen (secondary N) is 2. The summed E-state index contributed by atoms with van der Waals surface area (Å²) < 4.78 is 26.8. The van der Waals surface area contributed by atoms with Crippen molar-refractivity contribution in [1.29, 1.82) is 0 Å². The van der Waals surface area contributed by atoms with E-state index in [0.29, 0.717) is 39.9 Å². The number of amides is 2. The van der Waals surface area contributed by atoms with Crippen molar-refractivity contribution in [2.45, 2.75) is 6.04 Å². The first-order chi connectivity index (χ1) is 13.5. The highest BCUT2D eigenvalue weighted by molar-refractivity contribution is 5.75. The molecule has 0 radical (unpaired) electrons. The molecule has 0 fully saturated rings. The number of hydrogen-bond donors (Lipinski definition) is 3. The number of hydrogen-bond acceptors (Lipinski definition) is 7. The van der Waals surface area contributed by atoms with Crippen molar-refractivity contribution in [2.24, 2.45) is 0 Å². The molecular formula is C19H22N2O7. The van der Waals surface area contributed by atoms with Crippen LogP contribution in [0.25, 0.3) is 0 Å². The second kappa shape index (κ2) is 8.03. The Kier molecular flexibility index (Phi) is 5.53. The van der Waals surface area contributed by atoms with Crippen molar-refractivity contribution in [3.05, 3.63) is 35.4 Å². The Bertz CT molecular complexity index is 860. The minimum absolute atomic E-state index is 0.0561. The highest BCUT2D eigenvalue weighted by Gasteiger charge is 2.27. The van der Waals surface area contributed by atoms with E-state index in [1.165, 1.54) is 34.4 Å². The van der Waals surface area contributed by atoms with Crippen LogP contribution in [0.15, 0.2) is 24.3 Å². The second-order valence-electron chi connectivity index (χ2n) is 5.88. The molecule has 0 saturated heterocycles. The average Bonchev–Trinajstić information content (AvgIpc) is 3.17. The molecular weight excluding hydrogens is 368 g/mol. The first-order valence-electron chi connectivity index (χ1n) is 8.43. The average molecular weight is 390 g/mol. The number of benzene rings is 2. The van der Waals surface area contributed by atoms with Crippen LogP contribution < -0.4 is 34.3 Å². The van der Waals surface area contributed by atoms with Gasteiger partial charge in [0.2, 0.25) is 12.5 Å². The van der Waals surface area contributed by atoms with Crippen LogP contribution in [-0.4, -0.2) is 46.3 Å². The van der Waals surface area contributed by atoms with Crippen LogP contribution in [0.5, 0.6) is 34.5 Å². The molecule has 0 aromatic heterocycles. The van der Waals surface area contributed by atoms with Gasteiger partial charge in [0.25, 0.3) is 0 Å². The van der Waals surface area contributed by atoms with E-state index in [9.17, 15) is 9.90 Å². The minimum Gasteiger partial charge on any atom is -0.507 e. The van der Waals surface area contributed by atoms with E-state index in [4.69, 9.17) is 23.7 Å². The first-order valence-corrected chi connectivity index (χ1v) is 8.43. The molecule has 2 amide bonds. The normalized spacial score (nSPS) is 12.9. The fraction of sp³-hybridized carbons (Fsp3) is 0.316. The van der Waals surface area contributed by atoms with Gasteiger partial charge in [-0.2, -0.15) is 0 Å². The predicted molar refractivity (Wildman–Crippen MR) is 99.8 cm³/mol. The van der Waals surface area contributed by atoms with Gasteiger partial charge in [-0.1, -0.05) is 0 Å². The van der Waals surface area contributed by atoms with Crippen LogP contribution in [-0.2, 0) is 0 Å². The number of phenols is 1. The van der Waals surface area contributed by atoms with Crippen LogP contribution in [0.4, 0.5) is 4.79 Å². The summed E-state index contributed by atoms with van der Waals surface area (Å²) in [6.45, 7) is 0.0654. The molecule has 1 aliphatic rings. The number of aromatic hydroxyl groups is 1. The molecule has 3 rings (SSSR count). The lowest BCUT2D eigenvalue weighted by Gasteiger charge is -2.23. The summed E-state index contributed by atoms with van der Waals surface area (Å²) in [6, 6.07) is 5.31. The Balaban J connectivity index is 2.15. The molecule has 150 valence electrons. The van der Waals surface area contributed by atoms with Crippen molar-refractivity contribution in [1.82, 2.24) is 10.6 Å². The third-order valence-corrected chi connectivity index (χ3v) is 4.36. The Hall–Kier alpha value is -3.49. The van der Waals surface area contributed by atoms with Gasteiger partial charge >= 0.3 is 6.03 Å². The number of fused-ring (bicyclic) bond motifs is 1. The number of rotatable bonds is 6. The summed E-state index contributed by atoms with van der Waals surface area (Å²) in [5.41, 5.74) is 1.02. The Morgan fingerprint density at radius 1 is 1.04 bits per heavy atom. The Labute approximate surface area is 162 Å².